The largest absolute Gasteiger partial charge is 0.456 e. The lowest BCUT2D eigenvalue weighted by Gasteiger charge is -2.12. The number of rotatable bonds is 4. The second-order valence-corrected chi connectivity index (χ2v) is 6.05. The van der Waals surface area contributed by atoms with Crippen molar-refractivity contribution >= 4 is 11.4 Å². The van der Waals surface area contributed by atoms with Crippen molar-refractivity contribution in [2.75, 3.05) is 38.0 Å². The van der Waals surface area contributed by atoms with Crippen molar-refractivity contribution in [2.24, 2.45) is 0 Å². The molecular weight excluding hydrogens is 284 g/mol. The first-order chi connectivity index (χ1) is 11.0. The van der Waals surface area contributed by atoms with Gasteiger partial charge >= 0.3 is 0 Å². The van der Waals surface area contributed by atoms with E-state index in [1.165, 1.54) is 11.4 Å². The summed E-state index contributed by atoms with van der Waals surface area (Å²) < 4.78 is 6.03. The molecule has 3 heteroatoms. The zero-order valence-corrected chi connectivity index (χ0v) is 14.1. The Balaban J connectivity index is 1.85. The van der Waals surface area contributed by atoms with Gasteiger partial charge in [-0.15, -0.1) is 0 Å². The first kappa shape index (κ1) is 15.2. The summed E-state index contributed by atoms with van der Waals surface area (Å²) in [7, 11) is 8.16. The maximum Gasteiger partial charge on any atom is 0.134 e. The van der Waals surface area contributed by atoms with E-state index in [4.69, 9.17) is 4.42 Å². The lowest BCUT2D eigenvalue weighted by atomic mass is 10.1. The third-order valence-electron chi connectivity index (χ3n) is 3.94. The first-order valence-electron chi connectivity index (χ1n) is 7.70. The van der Waals surface area contributed by atoms with Gasteiger partial charge in [0.05, 0.1) is 0 Å². The Hall–Kier alpha value is -2.68. The van der Waals surface area contributed by atoms with Crippen LogP contribution in [0, 0.1) is 0 Å². The monoisotopic (exact) mass is 306 g/mol. The van der Waals surface area contributed by atoms with Crippen molar-refractivity contribution in [3.05, 3.63) is 60.7 Å². The lowest BCUT2D eigenvalue weighted by molar-refractivity contribution is 0.597. The summed E-state index contributed by atoms with van der Waals surface area (Å²) in [6.07, 6.45) is 0. The fourth-order valence-electron chi connectivity index (χ4n) is 2.50. The molecule has 0 radical (unpaired) electrons. The van der Waals surface area contributed by atoms with Gasteiger partial charge in [0.1, 0.15) is 11.5 Å². The van der Waals surface area contributed by atoms with Gasteiger partial charge in [-0.25, -0.2) is 0 Å². The van der Waals surface area contributed by atoms with Crippen LogP contribution < -0.4 is 9.80 Å². The zero-order chi connectivity index (χ0) is 16.4. The molecule has 0 bridgehead atoms. The molecule has 3 aromatic rings. The number of hydrogen-bond acceptors (Lipinski definition) is 3. The summed E-state index contributed by atoms with van der Waals surface area (Å²) >= 11 is 0. The van der Waals surface area contributed by atoms with Crippen LogP contribution in [0.15, 0.2) is 65.1 Å². The molecule has 0 amide bonds. The van der Waals surface area contributed by atoms with E-state index < -0.39 is 0 Å². The minimum absolute atomic E-state index is 0.891. The van der Waals surface area contributed by atoms with Crippen LogP contribution in [0.25, 0.3) is 22.6 Å². The molecular formula is C20H22N2O. The van der Waals surface area contributed by atoms with Crippen LogP contribution >= 0.6 is 0 Å². The summed E-state index contributed by atoms with van der Waals surface area (Å²) in [4.78, 5) is 4.17. The van der Waals surface area contributed by atoms with E-state index in [2.05, 4.69) is 58.3 Å². The van der Waals surface area contributed by atoms with Gasteiger partial charge < -0.3 is 14.2 Å². The van der Waals surface area contributed by atoms with Crippen molar-refractivity contribution in [1.82, 2.24) is 0 Å². The fraction of sp³-hybridized carbons (Fsp3) is 0.200. The van der Waals surface area contributed by atoms with Gasteiger partial charge in [0.15, 0.2) is 0 Å². The Kier molecular flexibility index (Phi) is 4.11. The van der Waals surface area contributed by atoms with Gasteiger partial charge in [0.2, 0.25) is 0 Å². The molecule has 23 heavy (non-hydrogen) atoms. The second kappa shape index (κ2) is 6.21. The minimum atomic E-state index is 0.891. The van der Waals surface area contributed by atoms with Gasteiger partial charge in [-0.1, -0.05) is 0 Å². The molecule has 3 nitrogen and oxygen atoms in total. The molecule has 0 spiro atoms. The highest BCUT2D eigenvalue weighted by Gasteiger charge is 2.07. The maximum atomic E-state index is 6.03. The van der Waals surface area contributed by atoms with Gasteiger partial charge in [-0.2, -0.15) is 0 Å². The van der Waals surface area contributed by atoms with Gasteiger partial charge in [0.25, 0.3) is 0 Å². The number of nitrogens with zero attached hydrogens (tertiary/aromatic N) is 2. The molecule has 0 aliphatic heterocycles. The van der Waals surface area contributed by atoms with E-state index in [0.717, 1.165) is 22.6 Å². The highest BCUT2D eigenvalue weighted by Crippen LogP contribution is 2.30. The standard InChI is InChI=1S/C20H22N2O/c1-21(2)17-9-5-15(6-10-17)19-13-14-20(23-19)16-7-11-18(12-8-16)22(3)4/h5-14H,1-4H3. The van der Waals surface area contributed by atoms with Crippen molar-refractivity contribution in [3.63, 3.8) is 0 Å². The maximum absolute atomic E-state index is 6.03. The van der Waals surface area contributed by atoms with Crippen molar-refractivity contribution < 1.29 is 4.42 Å². The van der Waals surface area contributed by atoms with E-state index in [-0.39, 0.29) is 0 Å². The Morgan fingerprint density at radius 1 is 0.522 bits per heavy atom. The zero-order valence-electron chi connectivity index (χ0n) is 14.1. The summed E-state index contributed by atoms with van der Waals surface area (Å²) in [6.45, 7) is 0. The fourth-order valence-corrected chi connectivity index (χ4v) is 2.50. The number of hydrogen-bond donors (Lipinski definition) is 0. The number of benzene rings is 2. The summed E-state index contributed by atoms with van der Waals surface area (Å²) in [5.74, 6) is 1.78. The van der Waals surface area contributed by atoms with E-state index in [9.17, 15) is 0 Å². The Morgan fingerprint density at radius 2 is 0.870 bits per heavy atom. The van der Waals surface area contributed by atoms with Crippen LogP contribution in [0.3, 0.4) is 0 Å². The van der Waals surface area contributed by atoms with E-state index >= 15 is 0 Å². The van der Waals surface area contributed by atoms with Crippen LogP contribution in [-0.2, 0) is 0 Å². The summed E-state index contributed by atoms with van der Waals surface area (Å²) in [5, 5.41) is 0. The van der Waals surface area contributed by atoms with Crippen LogP contribution in [0.1, 0.15) is 0 Å². The van der Waals surface area contributed by atoms with Gasteiger partial charge in [-0.05, 0) is 60.7 Å². The molecule has 0 saturated carbocycles. The van der Waals surface area contributed by atoms with Gasteiger partial charge in [-0.3, -0.25) is 0 Å². The molecule has 1 aromatic heterocycles. The van der Waals surface area contributed by atoms with E-state index in [1.807, 2.05) is 40.3 Å². The number of anilines is 2. The Labute approximate surface area is 137 Å². The molecule has 2 aromatic carbocycles. The molecule has 3 rings (SSSR count). The third kappa shape index (κ3) is 3.24. The molecule has 1 heterocycles. The highest BCUT2D eigenvalue weighted by molar-refractivity contribution is 5.67. The normalized spacial score (nSPS) is 10.6. The predicted octanol–water partition coefficient (Wildman–Crippen LogP) is 4.75. The third-order valence-corrected chi connectivity index (χ3v) is 3.94. The molecule has 0 saturated heterocycles. The van der Waals surface area contributed by atoms with E-state index in [1.54, 1.807) is 0 Å². The van der Waals surface area contributed by atoms with Crippen LogP contribution in [0.4, 0.5) is 11.4 Å². The topological polar surface area (TPSA) is 19.6 Å². The molecule has 0 fully saturated rings. The molecule has 0 N–H and O–H groups in total. The number of furan rings is 1. The van der Waals surface area contributed by atoms with Crippen molar-refractivity contribution in [1.29, 1.82) is 0 Å². The Bertz CT molecular complexity index is 702. The molecule has 0 atom stereocenters. The van der Waals surface area contributed by atoms with Crippen LogP contribution in [0.5, 0.6) is 0 Å². The smallest absolute Gasteiger partial charge is 0.134 e. The molecule has 118 valence electrons. The summed E-state index contributed by atoms with van der Waals surface area (Å²) in [6, 6.07) is 20.8. The first-order valence-corrected chi connectivity index (χ1v) is 7.70. The highest BCUT2D eigenvalue weighted by atomic mass is 16.3. The quantitative estimate of drug-likeness (QED) is 0.694. The average Bonchev–Trinajstić information content (AvgIpc) is 3.05. The van der Waals surface area contributed by atoms with Crippen LogP contribution in [-0.4, -0.2) is 28.2 Å². The lowest BCUT2D eigenvalue weighted by Crippen LogP contribution is -2.07. The minimum Gasteiger partial charge on any atom is -0.456 e. The summed E-state index contributed by atoms with van der Waals surface area (Å²) in [5.41, 5.74) is 4.54. The molecule has 0 unspecified atom stereocenters. The Morgan fingerprint density at radius 3 is 1.17 bits per heavy atom. The van der Waals surface area contributed by atoms with Gasteiger partial charge in [0, 0.05) is 50.7 Å². The SMILES string of the molecule is CN(C)c1ccc(-c2ccc(-c3ccc(N(C)C)cc3)o2)cc1. The van der Waals surface area contributed by atoms with E-state index in [0.29, 0.717) is 0 Å². The van der Waals surface area contributed by atoms with Crippen LogP contribution in [0.2, 0.25) is 0 Å². The van der Waals surface area contributed by atoms with Crippen molar-refractivity contribution in [3.8, 4) is 22.6 Å². The molecule has 0 aliphatic rings. The second-order valence-electron chi connectivity index (χ2n) is 6.05. The predicted molar refractivity (Wildman–Crippen MR) is 98.2 cm³/mol. The average molecular weight is 306 g/mol. The molecule has 0 aliphatic carbocycles. The van der Waals surface area contributed by atoms with Crippen molar-refractivity contribution in [2.45, 2.75) is 0 Å².